The number of nitro benzene ring substituents is 1. The second-order valence-corrected chi connectivity index (χ2v) is 5.51. The fourth-order valence-electron chi connectivity index (χ4n) is 1.70. The smallest absolute Gasteiger partial charge is 0.293 e. The molecule has 0 aliphatic heterocycles. The predicted octanol–water partition coefficient (Wildman–Crippen LogP) is 2.48. The number of fused-ring (bicyclic) bond motifs is 1. The number of carbonyl (C=O) groups is 1. The molecule has 8 heteroatoms. The zero-order valence-corrected chi connectivity index (χ0v) is 13.3. The Kier molecular flexibility index (Phi) is 5.44. The summed E-state index contributed by atoms with van der Waals surface area (Å²) in [6.45, 7) is 5.92. The van der Waals surface area contributed by atoms with Gasteiger partial charge in [-0.25, -0.2) is 0 Å². The fraction of sp³-hybridized carbons (Fsp3) is 0.429. The van der Waals surface area contributed by atoms with Crippen LogP contribution in [0.3, 0.4) is 0 Å². The molecule has 120 valence electrons. The maximum absolute atomic E-state index is 10.6. The van der Waals surface area contributed by atoms with Crippen LogP contribution in [0, 0.1) is 10.1 Å². The van der Waals surface area contributed by atoms with E-state index in [4.69, 9.17) is 0 Å². The van der Waals surface area contributed by atoms with E-state index in [1.807, 2.05) is 20.8 Å². The number of nitrogens with one attached hydrogen (secondary N) is 1. The van der Waals surface area contributed by atoms with Crippen molar-refractivity contribution >= 4 is 28.9 Å². The van der Waals surface area contributed by atoms with Gasteiger partial charge in [-0.1, -0.05) is 0 Å². The number of nitro groups is 1. The van der Waals surface area contributed by atoms with Gasteiger partial charge < -0.3 is 10.1 Å². The number of aryl methyl sites for hydroxylation is 1. The number of benzene rings is 1. The zero-order chi connectivity index (χ0) is 16.9. The first kappa shape index (κ1) is 17.4. The zero-order valence-electron chi connectivity index (χ0n) is 13.3. The average molecular weight is 308 g/mol. The molecule has 8 nitrogen and oxygen atoms in total. The van der Waals surface area contributed by atoms with Crippen LogP contribution in [0.25, 0.3) is 10.9 Å². The maximum Gasteiger partial charge on any atom is 0.293 e. The number of hydrogen-bond acceptors (Lipinski definition) is 6. The number of aromatic nitrogens is 2. The summed E-state index contributed by atoms with van der Waals surface area (Å²) in [7, 11) is 3.54. The third-order valence-corrected chi connectivity index (χ3v) is 2.68. The molecule has 22 heavy (non-hydrogen) atoms. The van der Waals surface area contributed by atoms with Crippen LogP contribution < -0.4 is 5.32 Å². The van der Waals surface area contributed by atoms with Crippen LogP contribution >= 0.6 is 0 Å². The van der Waals surface area contributed by atoms with Crippen LogP contribution in [0.15, 0.2) is 18.2 Å². The number of nitrogens with zero attached hydrogens (tertiary/aromatic N) is 3. The molecule has 1 N–H and O–H groups in total. The highest BCUT2D eigenvalue weighted by Crippen LogP contribution is 2.26. The van der Waals surface area contributed by atoms with Gasteiger partial charge in [0.1, 0.15) is 5.60 Å². The summed E-state index contributed by atoms with van der Waals surface area (Å²) < 4.78 is 6.23. The van der Waals surface area contributed by atoms with Crippen molar-refractivity contribution in [1.82, 2.24) is 9.78 Å². The summed E-state index contributed by atoms with van der Waals surface area (Å²) >= 11 is 0. The number of carbonyl (C=O) groups excluding carboxylic acids is 1. The minimum atomic E-state index is -0.411. The van der Waals surface area contributed by atoms with E-state index in [1.165, 1.54) is 12.1 Å². The summed E-state index contributed by atoms with van der Waals surface area (Å²) in [6, 6.07) is 4.69. The molecule has 0 atom stereocenters. The normalized spacial score (nSPS) is 10.6. The number of ether oxygens (including phenoxy) is 1. The van der Waals surface area contributed by atoms with Crippen molar-refractivity contribution in [3.63, 3.8) is 0 Å². The lowest BCUT2D eigenvalue weighted by Gasteiger charge is -2.14. The molecule has 0 aliphatic rings. The fourth-order valence-corrected chi connectivity index (χ4v) is 1.70. The van der Waals surface area contributed by atoms with Gasteiger partial charge >= 0.3 is 0 Å². The maximum atomic E-state index is 10.6. The van der Waals surface area contributed by atoms with E-state index in [2.05, 4.69) is 15.2 Å². The van der Waals surface area contributed by atoms with Crippen molar-refractivity contribution in [2.45, 2.75) is 26.4 Å². The van der Waals surface area contributed by atoms with Crippen molar-refractivity contribution in [1.29, 1.82) is 0 Å². The highest BCUT2D eigenvalue weighted by Gasteiger charge is 2.12. The Balaban J connectivity index is 0.000000295. The van der Waals surface area contributed by atoms with E-state index in [0.29, 0.717) is 12.3 Å². The predicted molar refractivity (Wildman–Crippen MR) is 83.8 cm³/mol. The van der Waals surface area contributed by atoms with Crippen molar-refractivity contribution in [2.24, 2.45) is 7.05 Å². The molecule has 2 rings (SSSR count). The second-order valence-electron chi connectivity index (χ2n) is 5.51. The Hall–Kier alpha value is -2.64. The third kappa shape index (κ3) is 4.44. The number of hydrogen-bond donors (Lipinski definition) is 1. The number of non-ortho nitro benzene ring substituents is 1. The summed E-state index contributed by atoms with van der Waals surface area (Å²) in [5, 5.41) is 18.5. The van der Waals surface area contributed by atoms with Crippen molar-refractivity contribution in [2.75, 3.05) is 12.4 Å². The van der Waals surface area contributed by atoms with E-state index in [1.54, 1.807) is 24.8 Å². The van der Waals surface area contributed by atoms with E-state index < -0.39 is 4.92 Å². The number of anilines is 1. The Bertz CT molecular complexity index is 673. The molecule has 0 bridgehead atoms. The highest BCUT2D eigenvalue weighted by atomic mass is 16.6. The second kappa shape index (κ2) is 6.88. The average Bonchev–Trinajstić information content (AvgIpc) is 2.74. The standard InChI is InChI=1S/C9H10N4O2.C5H10O2/c1-10-9-7-5-6(13(14)15)3-4-8(7)12(2)11-9;1-5(2,3)7-4-6/h3-5H,1-2H3,(H,10,11);4H,1-3H3. The Labute approximate surface area is 128 Å². The van der Waals surface area contributed by atoms with Gasteiger partial charge in [-0.2, -0.15) is 5.10 Å². The van der Waals surface area contributed by atoms with Crippen LogP contribution in [0.2, 0.25) is 0 Å². The Morgan fingerprint density at radius 3 is 2.45 bits per heavy atom. The lowest BCUT2D eigenvalue weighted by molar-refractivity contribution is -0.384. The third-order valence-electron chi connectivity index (χ3n) is 2.68. The highest BCUT2D eigenvalue weighted by molar-refractivity contribution is 5.91. The largest absolute Gasteiger partial charge is 0.462 e. The molecule has 0 aliphatic carbocycles. The lowest BCUT2D eigenvalue weighted by atomic mass is 10.2. The Morgan fingerprint density at radius 2 is 2.05 bits per heavy atom. The van der Waals surface area contributed by atoms with Gasteiger partial charge in [0, 0.05) is 26.2 Å². The van der Waals surface area contributed by atoms with Gasteiger partial charge in [0.2, 0.25) is 0 Å². The summed E-state index contributed by atoms with van der Waals surface area (Å²) in [5.41, 5.74) is 0.624. The first-order valence-corrected chi connectivity index (χ1v) is 6.60. The van der Waals surface area contributed by atoms with E-state index in [-0.39, 0.29) is 11.3 Å². The molecule has 0 spiro atoms. The molecule has 0 amide bonds. The molecule has 1 aromatic carbocycles. The molecular weight excluding hydrogens is 288 g/mol. The van der Waals surface area contributed by atoms with Gasteiger partial charge in [0.15, 0.2) is 5.82 Å². The molecule has 0 fully saturated rings. The van der Waals surface area contributed by atoms with Gasteiger partial charge in [0.05, 0.1) is 15.8 Å². The quantitative estimate of drug-likeness (QED) is 0.531. The van der Waals surface area contributed by atoms with Gasteiger partial charge in [-0.05, 0) is 26.8 Å². The van der Waals surface area contributed by atoms with Crippen molar-refractivity contribution < 1.29 is 14.5 Å². The molecule has 1 heterocycles. The molecule has 0 saturated carbocycles. The minimum absolute atomic E-state index is 0.0759. The summed E-state index contributed by atoms with van der Waals surface area (Å²) in [4.78, 5) is 19.8. The summed E-state index contributed by atoms with van der Waals surface area (Å²) in [5.74, 6) is 0.649. The lowest BCUT2D eigenvalue weighted by Crippen LogP contribution is -2.17. The van der Waals surface area contributed by atoms with E-state index in [9.17, 15) is 14.9 Å². The molecule has 1 aromatic heterocycles. The molecule has 0 unspecified atom stereocenters. The van der Waals surface area contributed by atoms with Gasteiger partial charge in [0.25, 0.3) is 12.2 Å². The van der Waals surface area contributed by atoms with Crippen LogP contribution in [0.5, 0.6) is 0 Å². The first-order chi connectivity index (χ1) is 10.2. The topological polar surface area (TPSA) is 99.3 Å². The number of rotatable bonds is 3. The van der Waals surface area contributed by atoms with Crippen molar-refractivity contribution in [3.05, 3.63) is 28.3 Å². The molecule has 2 aromatic rings. The first-order valence-electron chi connectivity index (χ1n) is 6.60. The van der Waals surface area contributed by atoms with E-state index >= 15 is 0 Å². The molecule has 0 radical (unpaired) electrons. The van der Waals surface area contributed by atoms with Gasteiger partial charge in [-0.15, -0.1) is 0 Å². The van der Waals surface area contributed by atoms with Crippen LogP contribution in [0.1, 0.15) is 20.8 Å². The van der Waals surface area contributed by atoms with Crippen LogP contribution in [0.4, 0.5) is 11.5 Å². The SMILES string of the molecule is CC(C)(C)OC=O.CNc1nn(C)c2ccc([N+](=O)[O-])cc12. The molecular formula is C14H20N4O4. The Morgan fingerprint density at radius 1 is 1.41 bits per heavy atom. The van der Waals surface area contributed by atoms with Crippen molar-refractivity contribution in [3.8, 4) is 0 Å². The van der Waals surface area contributed by atoms with Gasteiger partial charge in [-0.3, -0.25) is 19.6 Å². The van der Waals surface area contributed by atoms with Crippen LogP contribution in [-0.4, -0.2) is 33.8 Å². The summed E-state index contributed by atoms with van der Waals surface area (Å²) in [6.07, 6.45) is 0. The monoisotopic (exact) mass is 308 g/mol. The minimum Gasteiger partial charge on any atom is -0.462 e. The van der Waals surface area contributed by atoms with Crippen LogP contribution in [-0.2, 0) is 16.6 Å². The van der Waals surface area contributed by atoms with E-state index in [0.717, 1.165) is 10.9 Å². The molecule has 0 saturated heterocycles.